The maximum absolute atomic E-state index is 11.6. The van der Waals surface area contributed by atoms with Gasteiger partial charge in [-0.2, -0.15) is 0 Å². The number of carbonyl (C=O) groups is 2. The number of aromatic carboxylic acids is 1. The largest absolute Gasteiger partial charge is 0.478 e. The number of carboxylic acids is 1. The van der Waals surface area contributed by atoms with E-state index in [2.05, 4.69) is 10.6 Å². The molecule has 6 nitrogen and oxygen atoms in total. The molecule has 4 N–H and O–H groups in total. The Kier molecular flexibility index (Phi) is 5.75. The van der Waals surface area contributed by atoms with Crippen molar-refractivity contribution in [3.63, 3.8) is 0 Å². The number of anilines is 1. The Bertz CT molecular complexity index is 479. The Labute approximate surface area is 115 Å². The van der Waals surface area contributed by atoms with Gasteiger partial charge in [0.2, 0.25) is 5.91 Å². The van der Waals surface area contributed by atoms with Crippen molar-refractivity contribution in [1.29, 1.82) is 0 Å². The Morgan fingerprint density at radius 2 is 2.11 bits per heavy atom. The predicted octanol–water partition coefficient (Wildman–Crippen LogP) is 0.947. The molecule has 0 heterocycles. The normalized spacial score (nSPS) is 11.9. The van der Waals surface area contributed by atoms with Crippen molar-refractivity contribution in [2.45, 2.75) is 13.0 Å². The summed E-state index contributed by atoms with van der Waals surface area (Å²) in [6, 6.07) is 3.85. The zero-order valence-corrected chi connectivity index (χ0v) is 11.1. The van der Waals surface area contributed by atoms with Crippen LogP contribution in [0.4, 0.5) is 5.69 Å². The Hall–Kier alpha value is -1.63. The summed E-state index contributed by atoms with van der Waals surface area (Å²) in [7, 11) is 0. The lowest BCUT2D eigenvalue weighted by Gasteiger charge is -2.11. The molecule has 104 valence electrons. The van der Waals surface area contributed by atoms with Crippen molar-refractivity contribution in [2.75, 3.05) is 18.5 Å². The minimum absolute atomic E-state index is 0.00461. The summed E-state index contributed by atoms with van der Waals surface area (Å²) in [5, 5.41) is 23.2. The predicted molar refractivity (Wildman–Crippen MR) is 71.6 cm³/mol. The van der Waals surface area contributed by atoms with Crippen molar-refractivity contribution >= 4 is 29.2 Å². The summed E-state index contributed by atoms with van der Waals surface area (Å²) in [6.45, 7) is 1.64. The summed E-state index contributed by atoms with van der Waals surface area (Å²) < 4.78 is 0. The van der Waals surface area contributed by atoms with Crippen molar-refractivity contribution in [1.82, 2.24) is 5.32 Å². The first-order chi connectivity index (χ1) is 8.93. The molecule has 0 aliphatic rings. The highest BCUT2D eigenvalue weighted by Gasteiger charge is 2.10. The third kappa shape index (κ3) is 4.86. The van der Waals surface area contributed by atoms with Crippen LogP contribution >= 0.6 is 11.6 Å². The number of aliphatic hydroxyl groups is 1. The van der Waals surface area contributed by atoms with E-state index in [1.54, 1.807) is 6.92 Å². The van der Waals surface area contributed by atoms with Crippen LogP contribution < -0.4 is 10.6 Å². The molecule has 0 aliphatic heterocycles. The third-order valence-corrected chi connectivity index (χ3v) is 2.70. The molecule has 0 radical (unpaired) electrons. The van der Waals surface area contributed by atoms with Crippen molar-refractivity contribution < 1.29 is 19.8 Å². The number of hydrogen-bond acceptors (Lipinski definition) is 4. The number of benzene rings is 1. The number of rotatable bonds is 6. The van der Waals surface area contributed by atoms with Crippen molar-refractivity contribution in [3.8, 4) is 0 Å². The summed E-state index contributed by atoms with van der Waals surface area (Å²) in [6.07, 6.45) is 0. The van der Waals surface area contributed by atoms with E-state index < -0.39 is 5.97 Å². The topological polar surface area (TPSA) is 98.7 Å². The molecule has 0 spiro atoms. The lowest BCUT2D eigenvalue weighted by molar-refractivity contribution is -0.115. The van der Waals surface area contributed by atoms with Gasteiger partial charge in [-0.05, 0) is 25.1 Å². The maximum atomic E-state index is 11.6. The number of carbonyl (C=O) groups excluding carboxylic acids is 1. The maximum Gasteiger partial charge on any atom is 0.335 e. The molecule has 1 amide bonds. The van der Waals surface area contributed by atoms with Crippen LogP contribution in [0.5, 0.6) is 0 Å². The number of aliphatic hydroxyl groups excluding tert-OH is 1. The first kappa shape index (κ1) is 15.4. The molecule has 7 heteroatoms. The lowest BCUT2D eigenvalue weighted by Crippen LogP contribution is -2.36. The average Bonchev–Trinajstić information content (AvgIpc) is 2.38. The molecule has 1 unspecified atom stereocenters. The molecule has 0 aromatic heterocycles. The van der Waals surface area contributed by atoms with Gasteiger partial charge in [-0.15, -0.1) is 0 Å². The summed E-state index contributed by atoms with van der Waals surface area (Å²) >= 11 is 5.87. The fourth-order valence-corrected chi connectivity index (χ4v) is 1.44. The van der Waals surface area contributed by atoms with Gasteiger partial charge in [0.05, 0.1) is 29.4 Å². The fourth-order valence-electron chi connectivity index (χ4n) is 1.28. The molecule has 0 aliphatic carbocycles. The SMILES string of the molecule is CC(CO)NCC(=O)Nc1cc(C(=O)O)ccc1Cl. The van der Waals surface area contributed by atoms with Gasteiger partial charge in [-0.25, -0.2) is 4.79 Å². The number of carboxylic acid groups (broad SMARTS) is 1. The van der Waals surface area contributed by atoms with E-state index in [9.17, 15) is 9.59 Å². The second kappa shape index (κ2) is 7.08. The Morgan fingerprint density at radius 3 is 2.68 bits per heavy atom. The third-order valence-electron chi connectivity index (χ3n) is 2.37. The highest BCUT2D eigenvalue weighted by Crippen LogP contribution is 2.22. The molecule has 0 saturated carbocycles. The summed E-state index contributed by atoms with van der Waals surface area (Å²) in [5.41, 5.74) is 0.279. The van der Waals surface area contributed by atoms with Gasteiger partial charge in [0.25, 0.3) is 0 Å². The van der Waals surface area contributed by atoms with E-state index in [0.29, 0.717) is 0 Å². The molecule has 1 aromatic carbocycles. The summed E-state index contributed by atoms with van der Waals surface area (Å²) in [4.78, 5) is 22.4. The van der Waals surface area contributed by atoms with Crippen molar-refractivity contribution in [3.05, 3.63) is 28.8 Å². The Morgan fingerprint density at radius 1 is 1.42 bits per heavy atom. The molecule has 1 atom stereocenters. The van der Waals surface area contributed by atoms with Gasteiger partial charge in [0.1, 0.15) is 0 Å². The van der Waals surface area contributed by atoms with E-state index >= 15 is 0 Å². The molecule has 0 fully saturated rings. The minimum Gasteiger partial charge on any atom is -0.478 e. The number of amides is 1. The number of hydrogen-bond donors (Lipinski definition) is 4. The minimum atomic E-state index is -1.10. The van der Waals surface area contributed by atoms with Gasteiger partial charge in [-0.3, -0.25) is 4.79 Å². The summed E-state index contributed by atoms with van der Waals surface area (Å²) in [5.74, 6) is -1.47. The van der Waals surface area contributed by atoms with E-state index in [0.717, 1.165) is 0 Å². The molecule has 0 bridgehead atoms. The highest BCUT2D eigenvalue weighted by atomic mass is 35.5. The van der Waals surface area contributed by atoms with E-state index in [1.807, 2.05) is 0 Å². The van der Waals surface area contributed by atoms with Crippen LogP contribution in [-0.4, -0.2) is 41.3 Å². The number of nitrogens with one attached hydrogen (secondary N) is 2. The quantitative estimate of drug-likeness (QED) is 0.624. The molecule has 19 heavy (non-hydrogen) atoms. The van der Waals surface area contributed by atoms with E-state index in [1.165, 1.54) is 18.2 Å². The van der Waals surface area contributed by atoms with E-state index in [4.69, 9.17) is 21.8 Å². The smallest absolute Gasteiger partial charge is 0.335 e. The van der Waals surface area contributed by atoms with Crippen LogP contribution in [0.1, 0.15) is 17.3 Å². The van der Waals surface area contributed by atoms with Crippen LogP contribution in [0.25, 0.3) is 0 Å². The van der Waals surface area contributed by atoms with Crippen LogP contribution in [0.2, 0.25) is 5.02 Å². The molecular formula is C12H15ClN2O4. The molecule has 1 aromatic rings. The molecule has 0 saturated heterocycles. The number of halogens is 1. The first-order valence-corrected chi connectivity index (χ1v) is 5.98. The average molecular weight is 287 g/mol. The van der Waals surface area contributed by atoms with Crippen LogP contribution in [-0.2, 0) is 4.79 Å². The van der Waals surface area contributed by atoms with Crippen LogP contribution in [0, 0.1) is 0 Å². The van der Waals surface area contributed by atoms with Crippen molar-refractivity contribution in [2.24, 2.45) is 0 Å². The fraction of sp³-hybridized carbons (Fsp3) is 0.333. The lowest BCUT2D eigenvalue weighted by atomic mass is 10.2. The first-order valence-electron chi connectivity index (χ1n) is 5.61. The van der Waals surface area contributed by atoms with Crippen LogP contribution in [0.15, 0.2) is 18.2 Å². The monoisotopic (exact) mass is 286 g/mol. The molecule has 1 rings (SSSR count). The van der Waals surface area contributed by atoms with Gasteiger partial charge < -0.3 is 20.8 Å². The van der Waals surface area contributed by atoms with Crippen LogP contribution in [0.3, 0.4) is 0 Å². The second-order valence-corrected chi connectivity index (χ2v) is 4.42. The van der Waals surface area contributed by atoms with Gasteiger partial charge in [0, 0.05) is 6.04 Å². The van der Waals surface area contributed by atoms with Gasteiger partial charge >= 0.3 is 5.97 Å². The van der Waals surface area contributed by atoms with Gasteiger partial charge in [0.15, 0.2) is 0 Å². The second-order valence-electron chi connectivity index (χ2n) is 4.01. The zero-order chi connectivity index (χ0) is 14.4. The molecular weight excluding hydrogens is 272 g/mol. The Balaban J connectivity index is 2.68. The standard InChI is InChI=1S/C12H15ClN2O4/c1-7(6-16)14-5-11(17)15-10-4-8(12(18)19)2-3-9(10)13/h2-4,7,14,16H,5-6H2,1H3,(H,15,17)(H,18,19). The zero-order valence-electron chi connectivity index (χ0n) is 10.3. The van der Waals surface area contributed by atoms with E-state index in [-0.39, 0.29) is 41.4 Å². The highest BCUT2D eigenvalue weighted by molar-refractivity contribution is 6.33. The van der Waals surface area contributed by atoms with Gasteiger partial charge in [-0.1, -0.05) is 11.6 Å².